The van der Waals surface area contributed by atoms with E-state index in [9.17, 15) is 4.79 Å². The molecule has 1 amide bonds. The lowest BCUT2D eigenvalue weighted by Gasteiger charge is -2.32. The number of nitrogens with zero attached hydrogens (tertiary/aromatic N) is 2. The van der Waals surface area contributed by atoms with Crippen molar-refractivity contribution < 1.29 is 4.79 Å². The molecule has 1 fully saturated rings. The van der Waals surface area contributed by atoms with Crippen LogP contribution < -0.4 is 5.73 Å². The zero-order chi connectivity index (χ0) is 13.5. The van der Waals surface area contributed by atoms with Gasteiger partial charge in [-0.1, -0.05) is 26.2 Å². The van der Waals surface area contributed by atoms with Crippen molar-refractivity contribution in [3.8, 4) is 0 Å². The summed E-state index contributed by atoms with van der Waals surface area (Å²) in [5.41, 5.74) is 6.00. The summed E-state index contributed by atoms with van der Waals surface area (Å²) in [4.78, 5) is 16.6. The van der Waals surface area contributed by atoms with Crippen molar-refractivity contribution in [1.82, 2.24) is 9.80 Å². The van der Waals surface area contributed by atoms with Crippen LogP contribution in [-0.4, -0.2) is 55.0 Å². The van der Waals surface area contributed by atoms with Gasteiger partial charge in [0.1, 0.15) is 0 Å². The Morgan fingerprint density at radius 3 is 2.39 bits per heavy atom. The SMILES string of the molecule is CCC[C@H](N)C(=O)N(CCN(C)C)C1CCCC1. The van der Waals surface area contributed by atoms with Crippen molar-refractivity contribution in [1.29, 1.82) is 0 Å². The molecule has 1 aliphatic rings. The first-order valence-electron chi connectivity index (χ1n) is 7.27. The van der Waals surface area contributed by atoms with Crippen molar-refractivity contribution in [2.75, 3.05) is 27.2 Å². The summed E-state index contributed by atoms with van der Waals surface area (Å²) < 4.78 is 0. The van der Waals surface area contributed by atoms with Crippen molar-refractivity contribution in [2.45, 2.75) is 57.5 Å². The van der Waals surface area contributed by atoms with Gasteiger partial charge in [0.25, 0.3) is 0 Å². The highest BCUT2D eigenvalue weighted by atomic mass is 16.2. The largest absolute Gasteiger partial charge is 0.337 e. The maximum absolute atomic E-state index is 12.4. The van der Waals surface area contributed by atoms with Gasteiger partial charge in [0.15, 0.2) is 0 Å². The summed E-state index contributed by atoms with van der Waals surface area (Å²) in [5.74, 6) is 0.158. The maximum Gasteiger partial charge on any atom is 0.239 e. The number of likely N-dealkylation sites (N-methyl/N-ethyl adjacent to an activating group) is 1. The molecule has 0 heterocycles. The van der Waals surface area contributed by atoms with Crippen LogP contribution in [0.3, 0.4) is 0 Å². The lowest BCUT2D eigenvalue weighted by atomic mass is 10.1. The Labute approximate surface area is 111 Å². The van der Waals surface area contributed by atoms with Crippen molar-refractivity contribution >= 4 is 5.91 Å². The highest BCUT2D eigenvalue weighted by Crippen LogP contribution is 2.24. The fourth-order valence-electron chi connectivity index (χ4n) is 2.64. The third-order valence-electron chi connectivity index (χ3n) is 3.75. The predicted molar refractivity (Wildman–Crippen MR) is 75.4 cm³/mol. The second-order valence-corrected chi connectivity index (χ2v) is 5.67. The minimum absolute atomic E-state index is 0.158. The highest BCUT2D eigenvalue weighted by Gasteiger charge is 2.29. The minimum Gasteiger partial charge on any atom is -0.337 e. The van der Waals surface area contributed by atoms with Gasteiger partial charge in [-0.15, -0.1) is 0 Å². The molecule has 1 aliphatic carbocycles. The van der Waals surface area contributed by atoms with E-state index < -0.39 is 0 Å². The zero-order valence-electron chi connectivity index (χ0n) is 12.2. The van der Waals surface area contributed by atoms with Gasteiger partial charge in [-0.2, -0.15) is 0 Å². The number of hydrogen-bond acceptors (Lipinski definition) is 3. The van der Waals surface area contributed by atoms with Gasteiger partial charge in [0, 0.05) is 19.1 Å². The van der Waals surface area contributed by atoms with Crippen LogP contribution in [0.15, 0.2) is 0 Å². The van der Waals surface area contributed by atoms with Gasteiger partial charge in [-0.25, -0.2) is 0 Å². The molecule has 4 nitrogen and oxygen atoms in total. The number of carbonyl (C=O) groups excluding carboxylic acids is 1. The average Bonchev–Trinajstić information content (AvgIpc) is 2.82. The molecule has 0 aromatic carbocycles. The molecule has 18 heavy (non-hydrogen) atoms. The normalized spacial score (nSPS) is 18.3. The molecule has 0 bridgehead atoms. The first kappa shape index (κ1) is 15.4. The van der Waals surface area contributed by atoms with E-state index in [1.165, 1.54) is 12.8 Å². The number of rotatable bonds is 7. The molecular weight excluding hydrogens is 226 g/mol. The molecular formula is C14H29N3O. The van der Waals surface area contributed by atoms with Crippen LogP contribution in [0.1, 0.15) is 45.4 Å². The third kappa shape index (κ3) is 4.58. The van der Waals surface area contributed by atoms with E-state index in [0.717, 1.165) is 38.8 Å². The summed E-state index contributed by atoms with van der Waals surface area (Å²) in [6.07, 6.45) is 6.57. The van der Waals surface area contributed by atoms with Crippen LogP contribution >= 0.6 is 0 Å². The van der Waals surface area contributed by atoms with Crippen molar-refractivity contribution in [2.24, 2.45) is 5.73 Å². The Hall–Kier alpha value is -0.610. The van der Waals surface area contributed by atoms with E-state index >= 15 is 0 Å². The standard InChI is InChI=1S/C14H29N3O/c1-4-7-13(15)14(18)17(11-10-16(2)3)12-8-5-6-9-12/h12-13H,4-11,15H2,1-3H3/t13-/m0/s1. The summed E-state index contributed by atoms with van der Waals surface area (Å²) in [6.45, 7) is 3.81. The Kier molecular flexibility index (Phi) is 6.65. The van der Waals surface area contributed by atoms with E-state index in [-0.39, 0.29) is 11.9 Å². The smallest absolute Gasteiger partial charge is 0.239 e. The van der Waals surface area contributed by atoms with Crippen LogP contribution in [0.2, 0.25) is 0 Å². The Morgan fingerprint density at radius 2 is 1.89 bits per heavy atom. The molecule has 0 aliphatic heterocycles. The fourth-order valence-corrected chi connectivity index (χ4v) is 2.64. The van der Waals surface area contributed by atoms with E-state index in [1.807, 2.05) is 19.0 Å². The number of hydrogen-bond donors (Lipinski definition) is 1. The molecule has 0 unspecified atom stereocenters. The quantitative estimate of drug-likeness (QED) is 0.749. The van der Waals surface area contributed by atoms with Crippen LogP contribution in [0.25, 0.3) is 0 Å². The Bertz CT molecular complexity index is 249. The van der Waals surface area contributed by atoms with Crippen LogP contribution in [-0.2, 0) is 4.79 Å². The van der Waals surface area contributed by atoms with Gasteiger partial charge in [0.2, 0.25) is 5.91 Å². The van der Waals surface area contributed by atoms with Crippen molar-refractivity contribution in [3.63, 3.8) is 0 Å². The number of carbonyl (C=O) groups is 1. The summed E-state index contributed by atoms with van der Waals surface area (Å²) in [7, 11) is 4.09. The third-order valence-corrected chi connectivity index (χ3v) is 3.75. The predicted octanol–water partition coefficient (Wildman–Crippen LogP) is 1.45. The van der Waals surface area contributed by atoms with Gasteiger partial charge in [-0.05, 0) is 33.4 Å². The topological polar surface area (TPSA) is 49.6 Å². The number of nitrogens with two attached hydrogens (primary N) is 1. The molecule has 1 rings (SSSR count). The molecule has 0 radical (unpaired) electrons. The highest BCUT2D eigenvalue weighted by molar-refractivity contribution is 5.82. The lowest BCUT2D eigenvalue weighted by Crippen LogP contribution is -2.50. The van der Waals surface area contributed by atoms with E-state index in [1.54, 1.807) is 0 Å². The molecule has 106 valence electrons. The molecule has 4 heteroatoms. The lowest BCUT2D eigenvalue weighted by molar-refractivity contribution is -0.135. The van der Waals surface area contributed by atoms with Crippen LogP contribution in [0.4, 0.5) is 0 Å². The average molecular weight is 255 g/mol. The van der Waals surface area contributed by atoms with Crippen LogP contribution in [0, 0.1) is 0 Å². The number of amides is 1. The van der Waals surface area contributed by atoms with Gasteiger partial charge < -0.3 is 15.5 Å². The van der Waals surface area contributed by atoms with E-state index in [2.05, 4.69) is 11.8 Å². The minimum atomic E-state index is -0.308. The van der Waals surface area contributed by atoms with Crippen molar-refractivity contribution in [3.05, 3.63) is 0 Å². The second kappa shape index (κ2) is 7.74. The molecule has 0 spiro atoms. The molecule has 0 saturated heterocycles. The summed E-state index contributed by atoms with van der Waals surface area (Å²) >= 11 is 0. The molecule has 2 N–H and O–H groups in total. The van der Waals surface area contributed by atoms with Gasteiger partial charge in [0.05, 0.1) is 6.04 Å². The first-order valence-corrected chi connectivity index (χ1v) is 7.27. The molecule has 1 saturated carbocycles. The van der Waals surface area contributed by atoms with E-state index in [4.69, 9.17) is 5.73 Å². The van der Waals surface area contributed by atoms with Gasteiger partial charge in [-0.3, -0.25) is 4.79 Å². The Morgan fingerprint density at radius 1 is 1.28 bits per heavy atom. The Balaban J connectivity index is 2.60. The summed E-state index contributed by atoms with van der Waals surface area (Å²) in [5, 5.41) is 0. The molecule has 0 aromatic rings. The zero-order valence-corrected chi connectivity index (χ0v) is 12.2. The summed E-state index contributed by atoms with van der Waals surface area (Å²) in [6, 6.07) is 0.123. The van der Waals surface area contributed by atoms with E-state index in [0.29, 0.717) is 6.04 Å². The first-order chi connectivity index (χ1) is 8.56. The second-order valence-electron chi connectivity index (χ2n) is 5.67. The molecule has 1 atom stereocenters. The maximum atomic E-state index is 12.4. The monoisotopic (exact) mass is 255 g/mol. The van der Waals surface area contributed by atoms with Crippen LogP contribution in [0.5, 0.6) is 0 Å². The molecule has 0 aromatic heterocycles. The van der Waals surface area contributed by atoms with Gasteiger partial charge >= 0.3 is 0 Å². The fraction of sp³-hybridized carbons (Fsp3) is 0.929.